The number of hydrogen-bond acceptors (Lipinski definition) is 3. The molecule has 0 radical (unpaired) electrons. The monoisotopic (exact) mass is 261 g/mol. The van der Waals surface area contributed by atoms with Crippen LogP contribution in [0, 0.1) is 12.8 Å². The van der Waals surface area contributed by atoms with Crippen molar-refractivity contribution >= 4 is 5.91 Å². The van der Waals surface area contributed by atoms with Gasteiger partial charge in [-0.3, -0.25) is 4.79 Å². The molecule has 1 aliphatic heterocycles. The van der Waals surface area contributed by atoms with Gasteiger partial charge in [0.15, 0.2) is 6.61 Å². The molecule has 3 atom stereocenters. The minimum absolute atomic E-state index is 0.0454. The Balaban J connectivity index is 1.43. The number of rotatable bonds is 4. The molecular formula is C15H19NO3. The standard InChI is InChI=1S/C15H19NO3/c1-10-2-4-11(5-3-10)19-9-15(17)16-13-8-14-12(13)6-7-18-14/h2-5,12-14H,6-9H2,1H3,(H,16,17)/t12-,13+,14+/m1/s1. The van der Waals surface area contributed by atoms with Gasteiger partial charge in [0, 0.05) is 18.6 Å². The van der Waals surface area contributed by atoms with E-state index >= 15 is 0 Å². The summed E-state index contributed by atoms with van der Waals surface area (Å²) >= 11 is 0. The maximum atomic E-state index is 11.8. The van der Waals surface area contributed by atoms with Gasteiger partial charge in [-0.1, -0.05) is 17.7 Å². The van der Waals surface area contributed by atoms with Crippen LogP contribution >= 0.6 is 0 Å². The fourth-order valence-electron chi connectivity index (χ4n) is 2.80. The number of nitrogens with one attached hydrogen (secondary N) is 1. The number of carbonyl (C=O) groups excluding carboxylic acids is 1. The molecule has 2 aliphatic rings. The van der Waals surface area contributed by atoms with Gasteiger partial charge in [0.1, 0.15) is 5.75 Å². The Kier molecular flexibility index (Phi) is 3.42. The van der Waals surface area contributed by atoms with Gasteiger partial charge in [-0.25, -0.2) is 0 Å². The van der Waals surface area contributed by atoms with Crippen molar-refractivity contribution in [3.05, 3.63) is 29.8 Å². The fraction of sp³-hybridized carbons (Fsp3) is 0.533. The van der Waals surface area contributed by atoms with E-state index in [9.17, 15) is 4.79 Å². The number of benzene rings is 1. The molecule has 1 saturated carbocycles. The first-order chi connectivity index (χ1) is 9.22. The summed E-state index contributed by atoms with van der Waals surface area (Å²) in [5, 5.41) is 3.03. The SMILES string of the molecule is Cc1ccc(OCC(=O)N[C@H]2C[C@@H]3OCC[C@H]23)cc1. The summed E-state index contributed by atoms with van der Waals surface area (Å²) in [6.07, 6.45) is 2.39. The zero-order chi connectivity index (χ0) is 13.2. The number of amides is 1. The van der Waals surface area contributed by atoms with Crippen LogP contribution < -0.4 is 10.1 Å². The quantitative estimate of drug-likeness (QED) is 0.897. The molecule has 19 heavy (non-hydrogen) atoms. The first-order valence-electron chi connectivity index (χ1n) is 6.83. The second-order valence-corrected chi connectivity index (χ2v) is 5.37. The second kappa shape index (κ2) is 5.21. The van der Waals surface area contributed by atoms with Crippen molar-refractivity contribution in [1.29, 1.82) is 0 Å². The lowest BCUT2D eigenvalue weighted by atomic mass is 9.76. The molecule has 1 amide bonds. The third-order valence-electron chi connectivity index (χ3n) is 4.00. The maximum absolute atomic E-state index is 11.8. The Bertz CT molecular complexity index is 457. The topological polar surface area (TPSA) is 47.6 Å². The lowest BCUT2D eigenvalue weighted by Crippen LogP contribution is -2.54. The minimum atomic E-state index is -0.0454. The predicted molar refractivity (Wildman–Crippen MR) is 71.1 cm³/mol. The van der Waals surface area contributed by atoms with Crippen molar-refractivity contribution in [3.63, 3.8) is 0 Å². The van der Waals surface area contributed by atoms with Crippen LogP contribution in [-0.4, -0.2) is 31.3 Å². The van der Waals surface area contributed by atoms with Crippen LogP contribution in [0.3, 0.4) is 0 Å². The largest absolute Gasteiger partial charge is 0.484 e. The molecule has 102 valence electrons. The van der Waals surface area contributed by atoms with E-state index < -0.39 is 0 Å². The molecule has 1 N–H and O–H groups in total. The highest BCUT2D eigenvalue weighted by atomic mass is 16.5. The van der Waals surface area contributed by atoms with E-state index in [0.717, 1.165) is 25.2 Å². The molecule has 0 bridgehead atoms. The first kappa shape index (κ1) is 12.5. The van der Waals surface area contributed by atoms with Gasteiger partial charge in [-0.05, 0) is 31.9 Å². The Labute approximate surface area is 113 Å². The minimum Gasteiger partial charge on any atom is -0.484 e. The van der Waals surface area contributed by atoms with Crippen LogP contribution in [0.25, 0.3) is 0 Å². The number of carbonyl (C=O) groups is 1. The normalized spacial score (nSPS) is 28.4. The van der Waals surface area contributed by atoms with Crippen LogP contribution in [0.2, 0.25) is 0 Å². The first-order valence-corrected chi connectivity index (χ1v) is 6.83. The van der Waals surface area contributed by atoms with E-state index in [4.69, 9.17) is 9.47 Å². The zero-order valence-corrected chi connectivity index (χ0v) is 11.1. The maximum Gasteiger partial charge on any atom is 0.258 e. The molecule has 3 rings (SSSR count). The molecule has 1 heterocycles. The Morgan fingerprint density at radius 3 is 2.95 bits per heavy atom. The highest BCUT2D eigenvalue weighted by Gasteiger charge is 2.45. The third kappa shape index (κ3) is 2.73. The van der Waals surface area contributed by atoms with Crippen LogP contribution in [-0.2, 0) is 9.53 Å². The second-order valence-electron chi connectivity index (χ2n) is 5.37. The van der Waals surface area contributed by atoms with Gasteiger partial charge < -0.3 is 14.8 Å². The highest BCUT2D eigenvalue weighted by molar-refractivity contribution is 5.78. The summed E-state index contributed by atoms with van der Waals surface area (Å²) in [7, 11) is 0. The molecule has 1 aromatic carbocycles. The third-order valence-corrected chi connectivity index (χ3v) is 4.00. The van der Waals surface area contributed by atoms with Crippen LogP contribution in [0.15, 0.2) is 24.3 Å². The highest BCUT2D eigenvalue weighted by Crippen LogP contribution is 2.38. The van der Waals surface area contributed by atoms with Gasteiger partial charge >= 0.3 is 0 Å². The molecule has 1 saturated heterocycles. The predicted octanol–water partition coefficient (Wildman–Crippen LogP) is 1.67. The molecule has 2 fully saturated rings. The molecule has 1 aromatic rings. The van der Waals surface area contributed by atoms with E-state index in [0.29, 0.717) is 12.0 Å². The average Bonchev–Trinajstić information content (AvgIpc) is 2.77. The van der Waals surface area contributed by atoms with Gasteiger partial charge in [0.25, 0.3) is 5.91 Å². The number of ether oxygens (including phenoxy) is 2. The van der Waals surface area contributed by atoms with Gasteiger partial charge in [0.05, 0.1) is 6.10 Å². The van der Waals surface area contributed by atoms with Crippen molar-refractivity contribution in [3.8, 4) is 5.75 Å². The lowest BCUT2D eigenvalue weighted by Gasteiger charge is -2.39. The van der Waals surface area contributed by atoms with E-state index in [1.54, 1.807) is 0 Å². The molecule has 0 unspecified atom stereocenters. The van der Waals surface area contributed by atoms with Gasteiger partial charge in [-0.15, -0.1) is 0 Å². The van der Waals surface area contributed by atoms with E-state index in [-0.39, 0.29) is 18.6 Å². The number of hydrogen-bond donors (Lipinski definition) is 1. The van der Waals surface area contributed by atoms with E-state index in [1.807, 2.05) is 31.2 Å². The lowest BCUT2D eigenvalue weighted by molar-refractivity contribution is -0.126. The van der Waals surface area contributed by atoms with Gasteiger partial charge in [0.2, 0.25) is 0 Å². The van der Waals surface area contributed by atoms with Crippen molar-refractivity contribution in [2.75, 3.05) is 13.2 Å². The number of fused-ring (bicyclic) bond motifs is 1. The van der Waals surface area contributed by atoms with Crippen molar-refractivity contribution in [2.45, 2.75) is 31.9 Å². The smallest absolute Gasteiger partial charge is 0.258 e. The molecule has 4 nitrogen and oxygen atoms in total. The van der Waals surface area contributed by atoms with Crippen LogP contribution in [0.1, 0.15) is 18.4 Å². The molecule has 1 aliphatic carbocycles. The molecule has 0 spiro atoms. The fourth-order valence-corrected chi connectivity index (χ4v) is 2.80. The average molecular weight is 261 g/mol. The molecule has 0 aromatic heterocycles. The summed E-state index contributed by atoms with van der Waals surface area (Å²) in [5.41, 5.74) is 1.18. The van der Waals surface area contributed by atoms with Crippen molar-refractivity contribution in [1.82, 2.24) is 5.32 Å². The summed E-state index contributed by atoms with van der Waals surface area (Å²) < 4.78 is 11.0. The Morgan fingerprint density at radius 1 is 1.42 bits per heavy atom. The van der Waals surface area contributed by atoms with Crippen molar-refractivity contribution < 1.29 is 14.3 Å². The van der Waals surface area contributed by atoms with Crippen LogP contribution in [0.4, 0.5) is 0 Å². The molecule has 4 heteroatoms. The summed E-state index contributed by atoms with van der Waals surface area (Å²) in [6, 6.07) is 7.99. The van der Waals surface area contributed by atoms with E-state index in [1.165, 1.54) is 5.56 Å². The zero-order valence-electron chi connectivity index (χ0n) is 11.1. The van der Waals surface area contributed by atoms with E-state index in [2.05, 4.69) is 5.32 Å². The number of aryl methyl sites for hydroxylation is 1. The summed E-state index contributed by atoms with van der Waals surface area (Å²) in [4.78, 5) is 11.8. The Morgan fingerprint density at radius 2 is 2.21 bits per heavy atom. The summed E-state index contributed by atoms with van der Waals surface area (Å²) in [5.74, 6) is 1.20. The Hall–Kier alpha value is -1.55. The van der Waals surface area contributed by atoms with Gasteiger partial charge in [-0.2, -0.15) is 0 Å². The van der Waals surface area contributed by atoms with Crippen LogP contribution in [0.5, 0.6) is 5.75 Å². The summed E-state index contributed by atoms with van der Waals surface area (Å²) in [6.45, 7) is 2.94. The molecular weight excluding hydrogens is 242 g/mol. The van der Waals surface area contributed by atoms with Crippen molar-refractivity contribution in [2.24, 2.45) is 5.92 Å².